The second-order valence-electron chi connectivity index (χ2n) is 5.35. The van der Waals surface area contributed by atoms with Crippen LogP contribution in [0.4, 0.5) is 9.18 Å². The van der Waals surface area contributed by atoms with Gasteiger partial charge in [-0.15, -0.1) is 0 Å². The molecule has 1 fully saturated rings. The monoisotopic (exact) mass is 353 g/mol. The molecule has 0 unspecified atom stereocenters. The van der Waals surface area contributed by atoms with E-state index in [1.807, 2.05) is 0 Å². The molecule has 24 heavy (non-hydrogen) atoms. The number of likely N-dealkylation sites (N-methyl/N-ethyl adjacent to an activating group) is 1. The van der Waals surface area contributed by atoms with Crippen molar-refractivity contribution < 1.29 is 18.8 Å². The third-order valence-corrected chi connectivity index (χ3v) is 4.53. The molecule has 1 N–H and O–H groups in total. The molecule has 1 heterocycles. The summed E-state index contributed by atoms with van der Waals surface area (Å²) in [5, 5.41) is 2.60. The lowest BCUT2D eigenvalue weighted by atomic mass is 10.2. The Balaban J connectivity index is 1.80. The van der Waals surface area contributed by atoms with Gasteiger partial charge in [-0.2, -0.15) is 0 Å². The lowest BCUT2D eigenvalue weighted by molar-refractivity contribution is -0.136. The summed E-state index contributed by atoms with van der Waals surface area (Å²) in [4.78, 5) is 38.7. The molecule has 0 spiro atoms. The van der Waals surface area contributed by atoms with Crippen molar-refractivity contribution in [2.45, 2.75) is 13.5 Å². The summed E-state index contributed by atoms with van der Waals surface area (Å²) in [6, 6.07) is 5.84. The van der Waals surface area contributed by atoms with Crippen LogP contribution in [0.5, 0.6) is 0 Å². The predicted octanol–water partition coefficient (Wildman–Crippen LogP) is 1.46. The molecule has 130 valence electrons. The maximum absolute atomic E-state index is 12.8. The first-order valence-corrected chi connectivity index (χ1v) is 8.68. The topological polar surface area (TPSA) is 69.7 Å². The van der Waals surface area contributed by atoms with Crippen molar-refractivity contribution in [3.05, 3.63) is 35.6 Å². The fourth-order valence-corrected chi connectivity index (χ4v) is 3.07. The zero-order valence-corrected chi connectivity index (χ0v) is 14.3. The Morgan fingerprint density at radius 2 is 2.04 bits per heavy atom. The van der Waals surface area contributed by atoms with Crippen molar-refractivity contribution in [2.75, 3.05) is 31.9 Å². The van der Waals surface area contributed by atoms with Crippen LogP contribution in [0.25, 0.3) is 0 Å². The van der Waals surface area contributed by atoms with E-state index in [-0.39, 0.29) is 42.5 Å². The van der Waals surface area contributed by atoms with E-state index in [9.17, 15) is 18.8 Å². The van der Waals surface area contributed by atoms with Crippen molar-refractivity contribution in [3.8, 4) is 0 Å². The Kier molecular flexibility index (Phi) is 6.60. The van der Waals surface area contributed by atoms with Gasteiger partial charge >= 0.3 is 0 Å². The standard InChI is InChI=1S/C16H20FN3O3S/c1-2-19(15(22)11-20-7-8-24-16(20)23)10-14(21)18-9-12-3-5-13(17)6-4-12/h3-6H,2,7-11H2,1H3,(H,18,21). The molecular formula is C16H20FN3O3S. The summed E-state index contributed by atoms with van der Waals surface area (Å²) >= 11 is 1.20. The Labute approximate surface area is 144 Å². The zero-order valence-electron chi connectivity index (χ0n) is 13.5. The Bertz CT molecular complexity index is 609. The van der Waals surface area contributed by atoms with Crippen LogP contribution in [0.3, 0.4) is 0 Å². The van der Waals surface area contributed by atoms with Crippen LogP contribution in [0.2, 0.25) is 0 Å². The highest BCUT2D eigenvalue weighted by atomic mass is 32.2. The number of amides is 3. The molecule has 2 rings (SSSR count). The van der Waals surface area contributed by atoms with Crippen LogP contribution in [-0.4, -0.2) is 58.8 Å². The van der Waals surface area contributed by atoms with E-state index in [1.54, 1.807) is 19.1 Å². The minimum Gasteiger partial charge on any atom is -0.350 e. The van der Waals surface area contributed by atoms with Gasteiger partial charge in [-0.05, 0) is 24.6 Å². The molecule has 6 nitrogen and oxygen atoms in total. The minimum absolute atomic E-state index is 0.00488. The molecule has 1 saturated heterocycles. The van der Waals surface area contributed by atoms with Gasteiger partial charge in [0.15, 0.2) is 0 Å². The third kappa shape index (κ3) is 5.23. The van der Waals surface area contributed by atoms with E-state index in [1.165, 1.54) is 33.7 Å². The summed E-state index contributed by atoms with van der Waals surface area (Å²) in [6.45, 7) is 2.94. The molecule has 1 aliphatic rings. The lowest BCUT2D eigenvalue weighted by Crippen LogP contribution is -2.45. The number of halogens is 1. The number of benzene rings is 1. The van der Waals surface area contributed by atoms with Crippen LogP contribution in [0, 0.1) is 5.82 Å². The van der Waals surface area contributed by atoms with Crippen molar-refractivity contribution >= 4 is 28.8 Å². The SMILES string of the molecule is CCN(CC(=O)NCc1ccc(F)cc1)C(=O)CN1CCSC1=O. The first-order valence-electron chi connectivity index (χ1n) is 7.70. The Morgan fingerprint density at radius 3 is 2.62 bits per heavy atom. The molecule has 0 radical (unpaired) electrons. The minimum atomic E-state index is -0.331. The fourth-order valence-electron chi connectivity index (χ4n) is 2.24. The largest absolute Gasteiger partial charge is 0.350 e. The summed E-state index contributed by atoms with van der Waals surface area (Å²) in [5.41, 5.74) is 0.777. The smallest absolute Gasteiger partial charge is 0.282 e. The zero-order chi connectivity index (χ0) is 17.5. The van der Waals surface area contributed by atoms with Crippen LogP contribution < -0.4 is 5.32 Å². The van der Waals surface area contributed by atoms with E-state index in [0.717, 1.165) is 5.56 Å². The van der Waals surface area contributed by atoms with E-state index < -0.39 is 0 Å². The first-order chi connectivity index (χ1) is 11.5. The van der Waals surface area contributed by atoms with E-state index in [2.05, 4.69) is 5.32 Å². The molecule has 8 heteroatoms. The van der Waals surface area contributed by atoms with Gasteiger partial charge < -0.3 is 15.1 Å². The molecule has 1 aromatic rings. The Morgan fingerprint density at radius 1 is 1.33 bits per heavy atom. The molecular weight excluding hydrogens is 333 g/mol. The van der Waals surface area contributed by atoms with Crippen LogP contribution in [0.15, 0.2) is 24.3 Å². The summed E-state index contributed by atoms with van der Waals surface area (Å²) in [6.07, 6.45) is 0. The number of rotatable bonds is 7. The third-order valence-electron chi connectivity index (χ3n) is 3.64. The second-order valence-corrected chi connectivity index (χ2v) is 6.39. The summed E-state index contributed by atoms with van der Waals surface area (Å²) in [7, 11) is 0. The van der Waals surface area contributed by atoms with E-state index in [4.69, 9.17) is 0 Å². The number of hydrogen-bond donors (Lipinski definition) is 1. The molecule has 0 aliphatic carbocycles. The number of nitrogens with one attached hydrogen (secondary N) is 1. The van der Waals surface area contributed by atoms with Crippen LogP contribution in [0.1, 0.15) is 12.5 Å². The van der Waals surface area contributed by atoms with Gasteiger partial charge in [0.1, 0.15) is 12.4 Å². The van der Waals surface area contributed by atoms with Crippen molar-refractivity contribution in [1.29, 1.82) is 0 Å². The van der Waals surface area contributed by atoms with Crippen molar-refractivity contribution in [3.63, 3.8) is 0 Å². The maximum atomic E-state index is 12.8. The molecule has 1 aromatic carbocycles. The van der Waals surface area contributed by atoms with Gasteiger partial charge in [0, 0.05) is 25.4 Å². The van der Waals surface area contributed by atoms with Crippen molar-refractivity contribution in [1.82, 2.24) is 15.1 Å². The fraction of sp³-hybridized carbons (Fsp3) is 0.438. The van der Waals surface area contributed by atoms with Gasteiger partial charge in [-0.3, -0.25) is 14.4 Å². The average molecular weight is 353 g/mol. The average Bonchev–Trinajstić information content (AvgIpc) is 2.97. The number of carbonyl (C=O) groups excluding carboxylic acids is 3. The van der Waals surface area contributed by atoms with Crippen LogP contribution >= 0.6 is 11.8 Å². The molecule has 1 aliphatic heterocycles. The van der Waals surface area contributed by atoms with Gasteiger partial charge in [0.2, 0.25) is 11.8 Å². The first kappa shape index (κ1) is 18.3. The highest BCUT2D eigenvalue weighted by Gasteiger charge is 2.25. The second kappa shape index (κ2) is 8.68. The molecule has 3 amide bonds. The van der Waals surface area contributed by atoms with E-state index >= 15 is 0 Å². The molecule has 0 atom stereocenters. The van der Waals surface area contributed by atoms with Gasteiger partial charge in [0.25, 0.3) is 5.24 Å². The summed E-state index contributed by atoms with van der Waals surface area (Å²) < 4.78 is 12.8. The Hall–Kier alpha value is -2.09. The maximum Gasteiger partial charge on any atom is 0.282 e. The number of nitrogens with zero attached hydrogens (tertiary/aromatic N) is 2. The molecule has 0 bridgehead atoms. The quantitative estimate of drug-likeness (QED) is 0.806. The molecule has 0 aromatic heterocycles. The van der Waals surface area contributed by atoms with Gasteiger partial charge in [0.05, 0.1) is 6.54 Å². The summed E-state index contributed by atoms with van der Waals surface area (Å²) in [5.74, 6) is -0.180. The highest BCUT2D eigenvalue weighted by Crippen LogP contribution is 2.16. The number of thioether (sulfide) groups is 1. The van der Waals surface area contributed by atoms with E-state index in [0.29, 0.717) is 18.8 Å². The van der Waals surface area contributed by atoms with Crippen LogP contribution in [-0.2, 0) is 16.1 Å². The highest BCUT2D eigenvalue weighted by molar-refractivity contribution is 8.13. The van der Waals surface area contributed by atoms with Gasteiger partial charge in [-0.25, -0.2) is 4.39 Å². The number of carbonyl (C=O) groups is 3. The number of hydrogen-bond acceptors (Lipinski definition) is 4. The van der Waals surface area contributed by atoms with Crippen molar-refractivity contribution in [2.24, 2.45) is 0 Å². The molecule has 0 saturated carbocycles. The lowest BCUT2D eigenvalue weighted by Gasteiger charge is -2.23. The normalized spacial score (nSPS) is 13.9. The predicted molar refractivity (Wildman–Crippen MR) is 89.9 cm³/mol. The van der Waals surface area contributed by atoms with Gasteiger partial charge in [-0.1, -0.05) is 23.9 Å².